The van der Waals surface area contributed by atoms with Gasteiger partial charge in [-0.3, -0.25) is 14.3 Å². The minimum absolute atomic E-state index is 0.0902. The number of halogens is 2. The number of ether oxygens (including phenoxy) is 1. The number of carbonyl (C=O) groups excluding carboxylic acids is 2. The van der Waals surface area contributed by atoms with Crippen LogP contribution in [0.5, 0.6) is 5.88 Å². The summed E-state index contributed by atoms with van der Waals surface area (Å²) in [5.41, 5.74) is 0.572. The first-order valence-corrected chi connectivity index (χ1v) is 14.0. The molecule has 218 valence electrons. The normalized spacial score (nSPS) is 14.0. The van der Waals surface area contributed by atoms with Crippen LogP contribution in [0.25, 0.3) is 16.7 Å². The van der Waals surface area contributed by atoms with Crippen molar-refractivity contribution in [1.82, 2.24) is 29.6 Å². The van der Waals surface area contributed by atoms with Gasteiger partial charge in [-0.05, 0) is 31.2 Å². The number of nitrogens with one attached hydrogen (secondary N) is 1. The third-order valence-electron chi connectivity index (χ3n) is 6.37. The van der Waals surface area contributed by atoms with Crippen LogP contribution in [0.2, 0.25) is 0 Å². The Morgan fingerprint density at radius 1 is 1.05 bits per heavy atom. The fraction of sp³-hybridized carbons (Fsp3) is 0.231. The van der Waals surface area contributed by atoms with Crippen LogP contribution in [0.15, 0.2) is 60.0 Å². The van der Waals surface area contributed by atoms with E-state index in [0.29, 0.717) is 54.8 Å². The van der Waals surface area contributed by atoms with E-state index in [1.165, 1.54) is 49.5 Å². The van der Waals surface area contributed by atoms with Crippen molar-refractivity contribution in [3.8, 4) is 11.6 Å². The number of carbonyl (C=O) groups is 2. The number of nitrogens with zero attached hydrogens (tertiary/aromatic N) is 7. The van der Waals surface area contributed by atoms with Gasteiger partial charge >= 0.3 is 0 Å². The molecule has 0 spiro atoms. The molecule has 4 aromatic rings. The maximum atomic E-state index is 14.2. The van der Waals surface area contributed by atoms with Crippen LogP contribution in [0, 0.1) is 11.6 Å². The van der Waals surface area contributed by atoms with Crippen molar-refractivity contribution in [2.24, 2.45) is 0 Å². The molecule has 0 aliphatic carbocycles. The highest BCUT2D eigenvalue weighted by Crippen LogP contribution is 2.30. The zero-order valence-electron chi connectivity index (χ0n) is 22.4. The van der Waals surface area contributed by atoms with E-state index in [-0.39, 0.29) is 23.3 Å². The monoisotopic (exact) mass is 598 g/mol. The molecule has 1 fully saturated rings. The first kappa shape index (κ1) is 28.5. The van der Waals surface area contributed by atoms with Gasteiger partial charge in [0.25, 0.3) is 10.0 Å². The molecule has 4 heterocycles. The fourth-order valence-electron chi connectivity index (χ4n) is 4.34. The number of fused-ring (bicyclic) bond motifs is 1. The second-order valence-corrected chi connectivity index (χ2v) is 10.8. The number of anilines is 2. The number of ketones is 1. The van der Waals surface area contributed by atoms with Crippen molar-refractivity contribution in [2.75, 3.05) is 42.9 Å². The quantitative estimate of drug-likeness (QED) is 0.299. The number of hydrogen-bond acceptors (Lipinski definition) is 10. The number of hydrogen-bond donors (Lipinski definition) is 1. The summed E-state index contributed by atoms with van der Waals surface area (Å²) in [4.78, 5) is 39.1. The van der Waals surface area contributed by atoms with Crippen LogP contribution in [0.1, 0.15) is 6.92 Å². The zero-order chi connectivity index (χ0) is 30.0. The molecule has 0 radical (unpaired) electrons. The van der Waals surface area contributed by atoms with Gasteiger partial charge in [0, 0.05) is 44.5 Å². The molecular weight excluding hydrogens is 574 g/mol. The van der Waals surface area contributed by atoms with Gasteiger partial charge in [-0.25, -0.2) is 36.8 Å². The number of allylic oxidation sites excluding steroid dienone is 1. The predicted molar refractivity (Wildman–Crippen MR) is 147 cm³/mol. The summed E-state index contributed by atoms with van der Waals surface area (Å²) < 4.78 is 62.2. The number of rotatable bonds is 8. The minimum Gasteiger partial charge on any atom is -0.479 e. The number of pyridine rings is 1. The molecular formula is C26H24F2N8O5S. The first-order valence-electron chi connectivity index (χ1n) is 12.5. The Kier molecular flexibility index (Phi) is 7.80. The molecule has 1 aliphatic heterocycles. The molecule has 3 aromatic heterocycles. The van der Waals surface area contributed by atoms with Crippen LogP contribution in [0.3, 0.4) is 0 Å². The minimum atomic E-state index is -4.48. The average molecular weight is 599 g/mol. The average Bonchev–Trinajstić information content (AvgIpc) is 3.40. The lowest BCUT2D eigenvalue weighted by Crippen LogP contribution is -2.48. The molecule has 16 heteroatoms. The Balaban J connectivity index is 1.41. The van der Waals surface area contributed by atoms with Gasteiger partial charge in [0.2, 0.25) is 11.8 Å². The second-order valence-electron chi connectivity index (χ2n) is 9.20. The third kappa shape index (κ3) is 5.88. The van der Waals surface area contributed by atoms with E-state index in [1.54, 1.807) is 11.1 Å². The van der Waals surface area contributed by atoms with E-state index in [2.05, 4.69) is 24.8 Å². The lowest BCUT2D eigenvalue weighted by molar-refractivity contribution is -0.126. The molecule has 1 N–H and O–H groups in total. The van der Waals surface area contributed by atoms with Crippen molar-refractivity contribution >= 4 is 44.3 Å². The van der Waals surface area contributed by atoms with Crippen molar-refractivity contribution < 1.29 is 31.5 Å². The summed E-state index contributed by atoms with van der Waals surface area (Å²) in [6.45, 7) is 3.17. The lowest BCUT2D eigenvalue weighted by atomic mass is 10.2. The van der Waals surface area contributed by atoms with Gasteiger partial charge in [0.05, 0.1) is 24.4 Å². The van der Waals surface area contributed by atoms with Gasteiger partial charge in [-0.2, -0.15) is 0 Å². The van der Waals surface area contributed by atoms with Crippen molar-refractivity contribution in [2.45, 2.75) is 11.8 Å². The second kappa shape index (κ2) is 11.5. The Morgan fingerprint density at radius 2 is 1.81 bits per heavy atom. The van der Waals surface area contributed by atoms with Crippen molar-refractivity contribution in [1.29, 1.82) is 0 Å². The molecule has 0 saturated carbocycles. The molecule has 0 unspecified atom stereocenters. The van der Waals surface area contributed by atoms with Crippen LogP contribution in [-0.2, 0) is 19.6 Å². The van der Waals surface area contributed by atoms with Gasteiger partial charge in [0.1, 0.15) is 34.4 Å². The molecule has 0 atom stereocenters. The molecule has 13 nitrogen and oxygen atoms in total. The molecule has 1 aromatic carbocycles. The van der Waals surface area contributed by atoms with Crippen molar-refractivity contribution in [3.05, 3.63) is 66.8 Å². The van der Waals surface area contributed by atoms with E-state index in [9.17, 15) is 26.8 Å². The number of benzene rings is 1. The Hall–Kier alpha value is -4.99. The van der Waals surface area contributed by atoms with Crippen LogP contribution < -0.4 is 14.4 Å². The summed E-state index contributed by atoms with van der Waals surface area (Å²) in [6.07, 6.45) is 6.91. The number of aromatic nitrogens is 5. The molecule has 1 saturated heterocycles. The number of piperazine rings is 1. The number of sulfonamides is 1. The topological polar surface area (TPSA) is 153 Å². The van der Waals surface area contributed by atoms with Gasteiger partial charge in [-0.15, -0.1) is 5.10 Å². The predicted octanol–water partition coefficient (Wildman–Crippen LogP) is 2.09. The Labute approximate surface area is 238 Å². The summed E-state index contributed by atoms with van der Waals surface area (Å²) in [6, 6.07) is 3.51. The maximum absolute atomic E-state index is 14.2. The summed E-state index contributed by atoms with van der Waals surface area (Å²) in [7, 11) is -3.19. The highest BCUT2D eigenvalue weighted by atomic mass is 32.2. The summed E-state index contributed by atoms with van der Waals surface area (Å²) in [5, 5.41) is 5.07. The van der Waals surface area contributed by atoms with Crippen molar-refractivity contribution in [3.63, 3.8) is 0 Å². The Bertz CT molecular complexity index is 1820. The molecule has 42 heavy (non-hydrogen) atoms. The lowest BCUT2D eigenvalue weighted by Gasteiger charge is -2.35. The number of amides is 1. The van der Waals surface area contributed by atoms with E-state index < -0.39 is 26.6 Å². The largest absolute Gasteiger partial charge is 0.479 e. The van der Waals surface area contributed by atoms with Crippen LogP contribution in [-0.4, -0.2) is 83.0 Å². The molecule has 5 rings (SSSR count). The zero-order valence-corrected chi connectivity index (χ0v) is 23.2. The van der Waals surface area contributed by atoms with Crippen LogP contribution in [0.4, 0.5) is 20.3 Å². The molecule has 1 amide bonds. The highest BCUT2D eigenvalue weighted by molar-refractivity contribution is 7.92. The first-order chi connectivity index (χ1) is 20.1. The van der Waals surface area contributed by atoms with Gasteiger partial charge in [-0.1, -0.05) is 0 Å². The smallest absolute Gasteiger partial charge is 0.264 e. The highest BCUT2D eigenvalue weighted by Gasteiger charge is 2.25. The van der Waals surface area contributed by atoms with E-state index in [0.717, 1.165) is 12.1 Å². The standard InChI is InChI=1S/C26H24F2N8O5S/c1-16(37)3-6-23(38)34-7-9-35(10-8-34)25-19-14-36(32-24(19)30-15-31-25)18-12-21(26(41-2)29-13-18)33-42(39,40)22-5-4-17(27)11-20(22)28/h3-6,11-15,33H,7-10H2,1-2H3/b6-3+. The van der Waals surface area contributed by atoms with Gasteiger partial charge < -0.3 is 14.5 Å². The summed E-state index contributed by atoms with van der Waals surface area (Å²) in [5.74, 6) is -2.13. The van der Waals surface area contributed by atoms with E-state index in [4.69, 9.17) is 4.74 Å². The third-order valence-corrected chi connectivity index (χ3v) is 7.77. The maximum Gasteiger partial charge on any atom is 0.264 e. The molecule has 0 bridgehead atoms. The van der Waals surface area contributed by atoms with E-state index >= 15 is 0 Å². The Morgan fingerprint density at radius 3 is 2.50 bits per heavy atom. The molecule has 1 aliphatic rings. The van der Waals surface area contributed by atoms with Gasteiger partial charge in [0.15, 0.2) is 11.4 Å². The summed E-state index contributed by atoms with van der Waals surface area (Å²) >= 11 is 0. The fourth-order valence-corrected chi connectivity index (χ4v) is 5.45. The SMILES string of the molecule is COc1ncc(-n2cc3c(N4CCN(C(=O)/C=C/C(C)=O)CC4)ncnc3n2)cc1NS(=O)(=O)c1ccc(F)cc1F. The number of methoxy groups -OCH3 is 1. The van der Waals surface area contributed by atoms with E-state index in [1.807, 2.05) is 4.90 Å². The van der Waals surface area contributed by atoms with Crippen LogP contribution >= 0.6 is 0 Å².